The van der Waals surface area contributed by atoms with Gasteiger partial charge in [0.2, 0.25) is 0 Å². The van der Waals surface area contributed by atoms with Gasteiger partial charge in [0.15, 0.2) is 0 Å². The van der Waals surface area contributed by atoms with Gasteiger partial charge in [-0.1, -0.05) is 11.6 Å². The predicted molar refractivity (Wildman–Crippen MR) is 64.9 cm³/mol. The van der Waals surface area contributed by atoms with Crippen molar-refractivity contribution in [2.24, 2.45) is 11.8 Å². The number of fused-ring (bicyclic) bond motifs is 1. The highest BCUT2D eigenvalue weighted by Gasteiger charge is 2.48. The Morgan fingerprint density at radius 1 is 1.40 bits per heavy atom. The van der Waals surface area contributed by atoms with Gasteiger partial charge in [-0.3, -0.25) is 4.90 Å². The zero-order valence-corrected chi connectivity index (χ0v) is 10.5. The monoisotopic (exact) mass is 208 g/mol. The van der Waals surface area contributed by atoms with Crippen molar-refractivity contribution in [1.29, 1.82) is 0 Å². The summed E-state index contributed by atoms with van der Waals surface area (Å²) in [7, 11) is 0. The Labute approximate surface area is 93.7 Å². The molecule has 0 aromatic carbocycles. The lowest BCUT2D eigenvalue weighted by Crippen LogP contribution is -2.44. The molecule has 0 aromatic heterocycles. The fraction of sp³-hybridized carbons (Fsp3) is 0.846. The molecule has 0 radical (unpaired) electrons. The van der Waals surface area contributed by atoms with Crippen LogP contribution in [0.3, 0.4) is 0 Å². The summed E-state index contributed by atoms with van der Waals surface area (Å²) in [4.78, 5) is 2.65. The van der Waals surface area contributed by atoms with E-state index in [0.717, 1.165) is 18.4 Å². The van der Waals surface area contributed by atoms with Crippen LogP contribution in [0.25, 0.3) is 0 Å². The van der Waals surface area contributed by atoms with Gasteiger partial charge in [0, 0.05) is 25.2 Å². The molecule has 0 aliphatic carbocycles. The summed E-state index contributed by atoms with van der Waals surface area (Å²) in [6, 6.07) is 0. The summed E-state index contributed by atoms with van der Waals surface area (Å²) in [5, 5.41) is 3.52. The molecule has 2 rings (SSSR count). The topological polar surface area (TPSA) is 15.3 Å². The first-order chi connectivity index (χ1) is 7.01. The minimum absolute atomic E-state index is 0.375. The Hall–Kier alpha value is -0.340. The van der Waals surface area contributed by atoms with Crippen LogP contribution in [0.5, 0.6) is 0 Å². The maximum absolute atomic E-state index is 3.52. The molecule has 0 bridgehead atoms. The molecular formula is C13H24N2. The van der Waals surface area contributed by atoms with E-state index in [1.165, 1.54) is 25.2 Å². The van der Waals surface area contributed by atoms with Crippen molar-refractivity contribution in [3.8, 4) is 0 Å². The molecule has 0 spiro atoms. The van der Waals surface area contributed by atoms with Crippen LogP contribution < -0.4 is 5.32 Å². The maximum atomic E-state index is 3.52. The van der Waals surface area contributed by atoms with E-state index in [2.05, 4.69) is 44.0 Å². The minimum Gasteiger partial charge on any atom is -0.316 e. The Morgan fingerprint density at radius 2 is 2.13 bits per heavy atom. The number of allylic oxidation sites excluding steroid dienone is 1. The minimum atomic E-state index is 0.375. The van der Waals surface area contributed by atoms with Crippen LogP contribution in [0.4, 0.5) is 0 Å². The Morgan fingerprint density at radius 3 is 2.73 bits per heavy atom. The number of hydrogen-bond acceptors (Lipinski definition) is 2. The van der Waals surface area contributed by atoms with Crippen molar-refractivity contribution < 1.29 is 0 Å². The van der Waals surface area contributed by atoms with Crippen LogP contribution in [0.1, 0.15) is 27.7 Å². The predicted octanol–water partition coefficient (Wildman–Crippen LogP) is 1.88. The largest absolute Gasteiger partial charge is 0.316 e. The molecule has 2 aliphatic rings. The summed E-state index contributed by atoms with van der Waals surface area (Å²) >= 11 is 0. The van der Waals surface area contributed by atoms with Crippen LogP contribution in [-0.2, 0) is 0 Å². The van der Waals surface area contributed by atoms with E-state index in [1.54, 1.807) is 0 Å². The van der Waals surface area contributed by atoms with E-state index >= 15 is 0 Å². The molecule has 2 aliphatic heterocycles. The van der Waals surface area contributed by atoms with Gasteiger partial charge >= 0.3 is 0 Å². The van der Waals surface area contributed by atoms with Gasteiger partial charge in [-0.05, 0) is 46.1 Å². The number of rotatable bonds is 2. The van der Waals surface area contributed by atoms with Crippen LogP contribution in [0.15, 0.2) is 11.6 Å². The lowest BCUT2D eigenvalue weighted by Gasteiger charge is -2.35. The second kappa shape index (κ2) is 3.91. The second-order valence-electron chi connectivity index (χ2n) is 5.86. The summed E-state index contributed by atoms with van der Waals surface area (Å²) in [5.41, 5.74) is 1.81. The lowest BCUT2D eigenvalue weighted by molar-refractivity contribution is 0.155. The molecule has 2 heterocycles. The Bertz CT molecular complexity index is 264. The van der Waals surface area contributed by atoms with Gasteiger partial charge in [-0.15, -0.1) is 0 Å². The molecule has 2 fully saturated rings. The van der Waals surface area contributed by atoms with Crippen molar-refractivity contribution >= 4 is 0 Å². The van der Waals surface area contributed by atoms with E-state index in [9.17, 15) is 0 Å². The SMILES string of the molecule is CC(C)=CCN1CC2CNCC2C1(C)C. The summed E-state index contributed by atoms with van der Waals surface area (Å²) in [6.45, 7) is 14.0. The standard InChI is InChI=1S/C13H24N2/c1-10(2)5-6-15-9-11-7-14-8-12(11)13(15,3)4/h5,11-12,14H,6-9H2,1-4H3. The number of nitrogens with one attached hydrogen (secondary N) is 1. The van der Waals surface area contributed by atoms with Crippen molar-refractivity contribution in [2.45, 2.75) is 33.2 Å². The maximum Gasteiger partial charge on any atom is 0.0200 e. The van der Waals surface area contributed by atoms with Gasteiger partial charge in [-0.25, -0.2) is 0 Å². The second-order valence-corrected chi connectivity index (χ2v) is 5.86. The summed E-state index contributed by atoms with van der Waals surface area (Å²) in [5.74, 6) is 1.73. The van der Waals surface area contributed by atoms with E-state index in [0.29, 0.717) is 5.54 Å². The van der Waals surface area contributed by atoms with Gasteiger partial charge in [-0.2, -0.15) is 0 Å². The molecule has 0 saturated carbocycles. The zero-order chi connectivity index (χ0) is 11.1. The number of likely N-dealkylation sites (tertiary alicyclic amines) is 1. The van der Waals surface area contributed by atoms with Crippen LogP contribution >= 0.6 is 0 Å². The van der Waals surface area contributed by atoms with Crippen molar-refractivity contribution in [3.05, 3.63) is 11.6 Å². The van der Waals surface area contributed by atoms with Gasteiger partial charge < -0.3 is 5.32 Å². The molecule has 2 heteroatoms. The van der Waals surface area contributed by atoms with Crippen molar-refractivity contribution in [2.75, 3.05) is 26.2 Å². The molecule has 1 N–H and O–H groups in total. The van der Waals surface area contributed by atoms with Crippen LogP contribution in [-0.4, -0.2) is 36.6 Å². The Kier molecular flexibility index (Phi) is 2.91. The van der Waals surface area contributed by atoms with Gasteiger partial charge in [0.1, 0.15) is 0 Å². The van der Waals surface area contributed by atoms with Crippen LogP contribution in [0.2, 0.25) is 0 Å². The molecule has 15 heavy (non-hydrogen) atoms. The normalized spacial score (nSPS) is 34.1. The highest BCUT2D eigenvalue weighted by Crippen LogP contribution is 2.40. The highest BCUT2D eigenvalue weighted by atomic mass is 15.2. The van der Waals surface area contributed by atoms with Crippen molar-refractivity contribution in [3.63, 3.8) is 0 Å². The molecule has 0 aromatic rings. The third-order valence-corrected chi connectivity index (χ3v) is 4.24. The third-order valence-electron chi connectivity index (χ3n) is 4.24. The first kappa shape index (κ1) is 11.2. The molecule has 2 atom stereocenters. The first-order valence-corrected chi connectivity index (χ1v) is 6.11. The van der Waals surface area contributed by atoms with Crippen LogP contribution in [0, 0.1) is 11.8 Å². The van der Waals surface area contributed by atoms with E-state index in [1.807, 2.05) is 0 Å². The smallest absolute Gasteiger partial charge is 0.0200 e. The van der Waals surface area contributed by atoms with E-state index in [4.69, 9.17) is 0 Å². The average molecular weight is 208 g/mol. The number of hydrogen-bond donors (Lipinski definition) is 1. The van der Waals surface area contributed by atoms with Crippen molar-refractivity contribution in [1.82, 2.24) is 10.2 Å². The zero-order valence-electron chi connectivity index (χ0n) is 10.5. The molecule has 2 unspecified atom stereocenters. The molecule has 2 saturated heterocycles. The number of nitrogens with zero attached hydrogens (tertiary/aromatic N) is 1. The molecule has 2 nitrogen and oxygen atoms in total. The molecule has 86 valence electrons. The fourth-order valence-corrected chi connectivity index (χ4v) is 3.11. The summed E-state index contributed by atoms with van der Waals surface area (Å²) < 4.78 is 0. The lowest BCUT2D eigenvalue weighted by atomic mass is 9.85. The first-order valence-electron chi connectivity index (χ1n) is 6.11. The third kappa shape index (κ3) is 1.98. The highest BCUT2D eigenvalue weighted by molar-refractivity contribution is 5.07. The van der Waals surface area contributed by atoms with E-state index in [-0.39, 0.29) is 0 Å². The Balaban J connectivity index is 2.05. The van der Waals surface area contributed by atoms with E-state index < -0.39 is 0 Å². The average Bonchev–Trinajstić information content (AvgIpc) is 2.66. The van der Waals surface area contributed by atoms with Gasteiger partial charge in [0.25, 0.3) is 0 Å². The van der Waals surface area contributed by atoms with Gasteiger partial charge in [0.05, 0.1) is 0 Å². The molecular weight excluding hydrogens is 184 g/mol. The fourth-order valence-electron chi connectivity index (χ4n) is 3.11. The summed E-state index contributed by atoms with van der Waals surface area (Å²) in [6.07, 6.45) is 2.36. The molecule has 0 amide bonds. The quantitative estimate of drug-likeness (QED) is 0.697.